The van der Waals surface area contributed by atoms with Gasteiger partial charge in [-0.25, -0.2) is 13.1 Å². The van der Waals surface area contributed by atoms with E-state index < -0.39 is 10.0 Å². The van der Waals surface area contributed by atoms with Crippen LogP contribution in [0.15, 0.2) is 24.3 Å². The number of nitrogens with one attached hydrogen (secondary N) is 1. The average molecular weight is 296 g/mol. The number of thioether (sulfide) groups is 1. The van der Waals surface area contributed by atoms with Crippen LogP contribution in [-0.2, 0) is 15.8 Å². The van der Waals surface area contributed by atoms with Crippen LogP contribution in [0.5, 0.6) is 0 Å². The van der Waals surface area contributed by atoms with Crippen LogP contribution >= 0.6 is 11.8 Å². The predicted molar refractivity (Wildman–Crippen MR) is 77.3 cm³/mol. The number of sulfonamides is 1. The zero-order chi connectivity index (χ0) is 13.7. The second-order valence-electron chi connectivity index (χ2n) is 4.53. The number of nitrogens with zero attached hydrogens (tertiary/aromatic N) is 1. The molecule has 1 aliphatic heterocycles. The molecule has 0 aliphatic carbocycles. The van der Waals surface area contributed by atoms with Crippen molar-refractivity contribution < 1.29 is 8.42 Å². The standard InChI is InChI=1S/C13H16N2O2S2/c14-9-11-3-1-2-4-12(11)10-19(16,17)15-13-5-7-18-8-6-13/h1-4,13,15H,5-8,10H2. The fourth-order valence-corrected chi connectivity index (χ4v) is 4.67. The largest absolute Gasteiger partial charge is 0.216 e. The molecular weight excluding hydrogens is 280 g/mol. The van der Waals surface area contributed by atoms with Gasteiger partial charge in [0.05, 0.1) is 17.4 Å². The van der Waals surface area contributed by atoms with E-state index in [1.165, 1.54) is 0 Å². The normalized spacial score (nSPS) is 17.0. The molecule has 2 rings (SSSR count). The second kappa shape index (κ2) is 6.42. The van der Waals surface area contributed by atoms with Gasteiger partial charge in [0.1, 0.15) is 0 Å². The van der Waals surface area contributed by atoms with Crippen LogP contribution in [-0.4, -0.2) is 26.0 Å². The van der Waals surface area contributed by atoms with E-state index in [9.17, 15) is 8.42 Å². The van der Waals surface area contributed by atoms with Crippen LogP contribution in [0.3, 0.4) is 0 Å². The summed E-state index contributed by atoms with van der Waals surface area (Å²) in [7, 11) is -3.38. The van der Waals surface area contributed by atoms with Crippen molar-refractivity contribution in [3.8, 4) is 6.07 Å². The fraction of sp³-hybridized carbons (Fsp3) is 0.462. The van der Waals surface area contributed by atoms with Crippen molar-refractivity contribution in [1.82, 2.24) is 4.72 Å². The topological polar surface area (TPSA) is 70.0 Å². The first-order valence-corrected chi connectivity index (χ1v) is 8.97. The van der Waals surface area contributed by atoms with Gasteiger partial charge in [0.2, 0.25) is 10.0 Å². The van der Waals surface area contributed by atoms with E-state index in [2.05, 4.69) is 4.72 Å². The zero-order valence-corrected chi connectivity index (χ0v) is 12.1. The third-order valence-electron chi connectivity index (χ3n) is 3.05. The number of hydrogen-bond donors (Lipinski definition) is 1. The summed E-state index contributed by atoms with van der Waals surface area (Å²) >= 11 is 1.86. The molecule has 1 heterocycles. The number of benzene rings is 1. The summed E-state index contributed by atoms with van der Waals surface area (Å²) in [6, 6.07) is 8.89. The molecule has 4 nitrogen and oxygen atoms in total. The van der Waals surface area contributed by atoms with E-state index in [1.54, 1.807) is 24.3 Å². The minimum atomic E-state index is -3.38. The van der Waals surface area contributed by atoms with Crippen LogP contribution in [0.25, 0.3) is 0 Å². The average Bonchev–Trinajstić information content (AvgIpc) is 2.39. The summed E-state index contributed by atoms with van der Waals surface area (Å²) in [6.07, 6.45) is 1.76. The zero-order valence-electron chi connectivity index (χ0n) is 10.5. The molecule has 0 unspecified atom stereocenters. The van der Waals surface area contributed by atoms with Gasteiger partial charge in [0.15, 0.2) is 0 Å². The highest BCUT2D eigenvalue weighted by molar-refractivity contribution is 7.99. The lowest BCUT2D eigenvalue weighted by atomic mass is 10.1. The molecule has 1 saturated heterocycles. The summed E-state index contributed by atoms with van der Waals surface area (Å²) < 4.78 is 27.0. The first-order chi connectivity index (χ1) is 9.11. The first-order valence-electron chi connectivity index (χ1n) is 6.16. The van der Waals surface area contributed by atoms with Gasteiger partial charge in [-0.2, -0.15) is 17.0 Å². The van der Waals surface area contributed by atoms with Crippen LogP contribution in [0.1, 0.15) is 24.0 Å². The van der Waals surface area contributed by atoms with Gasteiger partial charge >= 0.3 is 0 Å². The highest BCUT2D eigenvalue weighted by atomic mass is 32.2. The van der Waals surface area contributed by atoms with E-state index in [0.717, 1.165) is 24.3 Å². The molecule has 0 aromatic heterocycles. The van der Waals surface area contributed by atoms with Gasteiger partial charge in [-0.05, 0) is 36.0 Å². The number of hydrogen-bond acceptors (Lipinski definition) is 4. The van der Waals surface area contributed by atoms with Crippen molar-refractivity contribution >= 4 is 21.8 Å². The molecule has 102 valence electrons. The summed E-state index contributed by atoms with van der Waals surface area (Å²) in [5, 5.41) is 8.97. The minimum Gasteiger partial charge on any atom is -0.212 e. The summed E-state index contributed by atoms with van der Waals surface area (Å²) in [5.41, 5.74) is 0.981. The molecule has 6 heteroatoms. The van der Waals surface area contributed by atoms with Gasteiger partial charge in [-0.1, -0.05) is 18.2 Å². The van der Waals surface area contributed by atoms with Crippen molar-refractivity contribution in [2.75, 3.05) is 11.5 Å². The maximum atomic E-state index is 12.1. The van der Waals surface area contributed by atoms with E-state index in [0.29, 0.717) is 11.1 Å². The Balaban J connectivity index is 2.06. The van der Waals surface area contributed by atoms with E-state index in [-0.39, 0.29) is 11.8 Å². The van der Waals surface area contributed by atoms with Crippen molar-refractivity contribution in [1.29, 1.82) is 5.26 Å². The lowest BCUT2D eigenvalue weighted by molar-refractivity contribution is 0.528. The molecule has 1 aromatic rings. The molecule has 1 aliphatic rings. The van der Waals surface area contributed by atoms with E-state index in [4.69, 9.17) is 5.26 Å². The minimum absolute atomic E-state index is 0.0421. The molecule has 0 spiro atoms. The van der Waals surface area contributed by atoms with Crippen LogP contribution in [0.2, 0.25) is 0 Å². The Hall–Kier alpha value is -1.03. The van der Waals surface area contributed by atoms with Crippen molar-refractivity contribution in [3.05, 3.63) is 35.4 Å². The second-order valence-corrected chi connectivity index (χ2v) is 7.51. The molecule has 0 saturated carbocycles. The molecule has 19 heavy (non-hydrogen) atoms. The SMILES string of the molecule is N#Cc1ccccc1CS(=O)(=O)NC1CCSCC1. The van der Waals surface area contributed by atoms with Gasteiger partial charge in [0, 0.05) is 6.04 Å². The number of nitriles is 1. The van der Waals surface area contributed by atoms with Crippen LogP contribution in [0, 0.1) is 11.3 Å². The van der Waals surface area contributed by atoms with Gasteiger partial charge in [0.25, 0.3) is 0 Å². The highest BCUT2D eigenvalue weighted by Crippen LogP contribution is 2.18. The Morgan fingerprint density at radius 1 is 1.32 bits per heavy atom. The third-order valence-corrected chi connectivity index (χ3v) is 5.48. The predicted octanol–water partition coefficient (Wildman–Crippen LogP) is 1.87. The van der Waals surface area contributed by atoms with Gasteiger partial charge < -0.3 is 0 Å². The smallest absolute Gasteiger partial charge is 0.212 e. The molecule has 0 amide bonds. The third kappa shape index (κ3) is 4.23. The van der Waals surface area contributed by atoms with Gasteiger partial charge in [-0.15, -0.1) is 0 Å². The van der Waals surface area contributed by atoms with Crippen LogP contribution < -0.4 is 4.72 Å². The number of rotatable bonds is 4. The molecule has 0 atom stereocenters. The summed E-state index contributed by atoms with van der Waals surface area (Å²) in [6.45, 7) is 0. The molecule has 1 aromatic carbocycles. The Kier molecular flexibility index (Phi) is 4.86. The molecule has 0 radical (unpaired) electrons. The van der Waals surface area contributed by atoms with E-state index >= 15 is 0 Å². The molecule has 1 fully saturated rings. The molecule has 1 N–H and O–H groups in total. The van der Waals surface area contributed by atoms with E-state index in [1.807, 2.05) is 17.8 Å². The van der Waals surface area contributed by atoms with Crippen molar-refractivity contribution in [2.45, 2.75) is 24.6 Å². The first kappa shape index (κ1) is 14.4. The van der Waals surface area contributed by atoms with Crippen molar-refractivity contribution in [2.24, 2.45) is 0 Å². The lowest BCUT2D eigenvalue weighted by Gasteiger charge is -2.22. The quantitative estimate of drug-likeness (QED) is 0.921. The summed E-state index contributed by atoms with van der Waals surface area (Å²) in [4.78, 5) is 0. The molecule has 0 bridgehead atoms. The summed E-state index contributed by atoms with van der Waals surface area (Å²) in [5.74, 6) is 1.88. The fourth-order valence-electron chi connectivity index (χ4n) is 2.07. The highest BCUT2D eigenvalue weighted by Gasteiger charge is 2.21. The van der Waals surface area contributed by atoms with Crippen LogP contribution in [0.4, 0.5) is 0 Å². The van der Waals surface area contributed by atoms with Gasteiger partial charge in [-0.3, -0.25) is 0 Å². The van der Waals surface area contributed by atoms with Crippen molar-refractivity contribution in [3.63, 3.8) is 0 Å². The Labute approximate surface area is 118 Å². The maximum absolute atomic E-state index is 12.1. The lowest BCUT2D eigenvalue weighted by Crippen LogP contribution is -2.38. The maximum Gasteiger partial charge on any atom is 0.216 e. The Morgan fingerprint density at radius 2 is 2.00 bits per heavy atom. The molecular formula is C13H16N2O2S2. The Morgan fingerprint density at radius 3 is 2.68 bits per heavy atom. The Bertz CT molecular complexity index is 573. The monoisotopic (exact) mass is 296 g/mol.